The minimum Gasteiger partial charge on any atom is -0.494 e. The highest BCUT2D eigenvalue weighted by atomic mass is 79.9. The molecule has 2 aromatic carbocycles. The highest BCUT2D eigenvalue weighted by molar-refractivity contribution is 9.10. The first-order chi connectivity index (χ1) is 13.5. The lowest BCUT2D eigenvalue weighted by atomic mass is 10.2. The molecule has 8 heteroatoms. The molecule has 0 fully saturated rings. The topological polar surface area (TPSA) is 60.3 Å². The second kappa shape index (κ2) is 9.27. The molecule has 3 aromatic rings. The highest BCUT2D eigenvalue weighted by Crippen LogP contribution is 2.25. The van der Waals surface area contributed by atoms with Crippen molar-refractivity contribution in [3.05, 3.63) is 73.4 Å². The summed E-state index contributed by atoms with van der Waals surface area (Å²) in [4.78, 5) is 25.6. The van der Waals surface area contributed by atoms with E-state index in [-0.39, 0.29) is 18.0 Å². The van der Waals surface area contributed by atoms with Crippen molar-refractivity contribution in [3.63, 3.8) is 0 Å². The van der Waals surface area contributed by atoms with Crippen LogP contribution >= 0.6 is 39.5 Å². The standard InChI is InChI=1S/C20H17BrN2O3S2/c1-2-26-16-8-6-15(7-9-16)22-18(24)12-23-19(25)11-17(28-20(23)27)13-4-3-5-14(21)10-13/h3-11H,2,12H2,1H3,(H,22,24). The van der Waals surface area contributed by atoms with E-state index in [4.69, 9.17) is 17.0 Å². The zero-order chi connectivity index (χ0) is 20.1. The second-order valence-electron chi connectivity index (χ2n) is 5.82. The quantitative estimate of drug-likeness (QED) is 0.502. The average molecular weight is 477 g/mol. The van der Waals surface area contributed by atoms with Gasteiger partial charge in [-0.3, -0.25) is 14.2 Å². The van der Waals surface area contributed by atoms with Gasteiger partial charge < -0.3 is 10.1 Å². The van der Waals surface area contributed by atoms with Gasteiger partial charge in [-0.25, -0.2) is 0 Å². The van der Waals surface area contributed by atoms with E-state index in [1.807, 2.05) is 31.2 Å². The van der Waals surface area contributed by atoms with Crippen molar-refractivity contribution in [2.24, 2.45) is 0 Å². The summed E-state index contributed by atoms with van der Waals surface area (Å²) >= 11 is 10.1. The molecule has 0 aliphatic carbocycles. The van der Waals surface area contributed by atoms with Gasteiger partial charge in [0.25, 0.3) is 5.56 Å². The lowest BCUT2D eigenvalue weighted by Crippen LogP contribution is -2.27. The summed E-state index contributed by atoms with van der Waals surface area (Å²) in [5.41, 5.74) is 1.22. The van der Waals surface area contributed by atoms with E-state index in [0.29, 0.717) is 16.2 Å². The molecule has 28 heavy (non-hydrogen) atoms. The largest absolute Gasteiger partial charge is 0.494 e. The number of hydrogen-bond donors (Lipinski definition) is 1. The molecule has 1 amide bonds. The molecule has 0 saturated heterocycles. The maximum absolute atomic E-state index is 12.5. The molecule has 0 bridgehead atoms. The van der Waals surface area contributed by atoms with Crippen LogP contribution in [0.3, 0.4) is 0 Å². The molecule has 0 aliphatic heterocycles. The average Bonchev–Trinajstić information content (AvgIpc) is 2.66. The third kappa shape index (κ3) is 5.15. The van der Waals surface area contributed by atoms with E-state index in [1.54, 1.807) is 24.3 Å². The Morgan fingerprint density at radius 1 is 1.21 bits per heavy atom. The summed E-state index contributed by atoms with van der Waals surface area (Å²) in [7, 11) is 0. The van der Waals surface area contributed by atoms with Crippen LogP contribution in [-0.4, -0.2) is 17.1 Å². The summed E-state index contributed by atoms with van der Waals surface area (Å²) in [6, 6.07) is 16.2. The van der Waals surface area contributed by atoms with Gasteiger partial charge >= 0.3 is 0 Å². The van der Waals surface area contributed by atoms with Crippen molar-refractivity contribution in [2.75, 3.05) is 11.9 Å². The van der Waals surface area contributed by atoms with Gasteiger partial charge in [-0.1, -0.05) is 28.1 Å². The number of halogens is 1. The Morgan fingerprint density at radius 3 is 2.61 bits per heavy atom. The number of hydrogen-bond acceptors (Lipinski definition) is 5. The van der Waals surface area contributed by atoms with E-state index in [2.05, 4.69) is 21.2 Å². The molecule has 0 spiro atoms. The summed E-state index contributed by atoms with van der Waals surface area (Å²) in [5, 5.41) is 2.77. The molecule has 144 valence electrons. The van der Waals surface area contributed by atoms with Gasteiger partial charge in [-0.2, -0.15) is 0 Å². The third-order valence-electron chi connectivity index (χ3n) is 3.80. The summed E-state index contributed by atoms with van der Waals surface area (Å²) in [5.74, 6) is 0.411. The van der Waals surface area contributed by atoms with Crippen molar-refractivity contribution in [1.29, 1.82) is 0 Å². The molecule has 1 heterocycles. The lowest BCUT2D eigenvalue weighted by Gasteiger charge is -2.09. The van der Waals surface area contributed by atoms with Crippen molar-refractivity contribution >= 4 is 51.1 Å². The van der Waals surface area contributed by atoms with Crippen LogP contribution < -0.4 is 15.6 Å². The van der Waals surface area contributed by atoms with Gasteiger partial charge in [0.2, 0.25) is 5.91 Å². The predicted octanol–water partition coefficient (Wildman–Crippen LogP) is 5.11. The van der Waals surface area contributed by atoms with E-state index < -0.39 is 0 Å². The van der Waals surface area contributed by atoms with Crippen molar-refractivity contribution in [1.82, 2.24) is 4.57 Å². The number of aromatic nitrogens is 1. The van der Waals surface area contributed by atoms with Crippen molar-refractivity contribution in [3.8, 4) is 16.2 Å². The maximum Gasteiger partial charge on any atom is 0.254 e. The minimum atomic E-state index is -0.320. The van der Waals surface area contributed by atoms with Gasteiger partial charge in [-0.05, 0) is 61.1 Å². The van der Waals surface area contributed by atoms with Crippen LogP contribution in [0.15, 0.2) is 63.9 Å². The number of ether oxygens (including phenoxy) is 1. The lowest BCUT2D eigenvalue weighted by molar-refractivity contribution is -0.116. The fourth-order valence-corrected chi connectivity index (χ4v) is 4.21. The number of carbonyl (C=O) groups excluding carboxylic acids is 1. The number of nitrogens with zero attached hydrogens (tertiary/aromatic N) is 1. The number of benzene rings is 2. The number of carbonyl (C=O) groups is 1. The first-order valence-electron chi connectivity index (χ1n) is 8.50. The first-order valence-corrected chi connectivity index (χ1v) is 10.5. The first kappa shape index (κ1) is 20.4. The smallest absolute Gasteiger partial charge is 0.254 e. The Balaban J connectivity index is 1.76. The van der Waals surface area contributed by atoms with Crippen LogP contribution in [0.4, 0.5) is 5.69 Å². The second-order valence-corrected chi connectivity index (χ2v) is 8.41. The molecule has 1 aromatic heterocycles. The van der Waals surface area contributed by atoms with Gasteiger partial charge in [0, 0.05) is 21.1 Å². The number of anilines is 1. The summed E-state index contributed by atoms with van der Waals surface area (Å²) in [6.45, 7) is 2.34. The van der Waals surface area contributed by atoms with Crippen LogP contribution in [0.5, 0.6) is 5.75 Å². The fraction of sp³-hybridized carbons (Fsp3) is 0.150. The third-order valence-corrected chi connectivity index (χ3v) is 5.73. The number of rotatable bonds is 6. The Labute approximate surface area is 179 Å². The molecule has 5 nitrogen and oxygen atoms in total. The Kier molecular flexibility index (Phi) is 6.77. The highest BCUT2D eigenvalue weighted by Gasteiger charge is 2.10. The molecule has 0 unspecified atom stereocenters. The van der Waals surface area contributed by atoms with Crippen molar-refractivity contribution in [2.45, 2.75) is 13.5 Å². The van der Waals surface area contributed by atoms with E-state index >= 15 is 0 Å². The van der Waals surface area contributed by atoms with E-state index in [0.717, 1.165) is 20.7 Å². The zero-order valence-corrected chi connectivity index (χ0v) is 18.2. The minimum absolute atomic E-state index is 0.139. The van der Waals surface area contributed by atoms with E-state index in [1.165, 1.54) is 22.0 Å². The Morgan fingerprint density at radius 2 is 1.96 bits per heavy atom. The molecule has 0 atom stereocenters. The van der Waals surface area contributed by atoms with Gasteiger partial charge in [0.15, 0.2) is 3.95 Å². The molecule has 0 aliphatic rings. The van der Waals surface area contributed by atoms with Crippen LogP contribution in [0, 0.1) is 3.95 Å². The Hall–Kier alpha value is -2.29. The van der Waals surface area contributed by atoms with Crippen LogP contribution in [-0.2, 0) is 11.3 Å². The number of amides is 1. The van der Waals surface area contributed by atoms with Crippen LogP contribution in [0.1, 0.15) is 6.92 Å². The van der Waals surface area contributed by atoms with Crippen LogP contribution in [0.2, 0.25) is 0 Å². The SMILES string of the molecule is CCOc1ccc(NC(=O)Cn2c(=O)cc(-c3cccc(Br)c3)sc2=S)cc1. The monoisotopic (exact) mass is 476 g/mol. The number of nitrogens with one attached hydrogen (secondary N) is 1. The van der Waals surface area contributed by atoms with Gasteiger partial charge in [0.1, 0.15) is 12.3 Å². The normalized spacial score (nSPS) is 10.5. The summed E-state index contributed by atoms with van der Waals surface area (Å²) < 4.78 is 7.94. The molecular weight excluding hydrogens is 460 g/mol. The maximum atomic E-state index is 12.5. The van der Waals surface area contributed by atoms with Crippen molar-refractivity contribution < 1.29 is 9.53 Å². The Bertz CT molecular complexity index is 1080. The molecule has 0 radical (unpaired) electrons. The van der Waals surface area contributed by atoms with Gasteiger partial charge in [-0.15, -0.1) is 11.3 Å². The molecule has 3 rings (SSSR count). The zero-order valence-electron chi connectivity index (χ0n) is 15.0. The molecule has 1 N–H and O–H groups in total. The molecular formula is C20H17BrN2O3S2. The van der Waals surface area contributed by atoms with Gasteiger partial charge in [0.05, 0.1) is 6.61 Å². The van der Waals surface area contributed by atoms with Crippen LogP contribution in [0.25, 0.3) is 10.4 Å². The predicted molar refractivity (Wildman–Crippen MR) is 119 cm³/mol. The molecule has 0 saturated carbocycles. The fourth-order valence-electron chi connectivity index (χ4n) is 2.53. The van der Waals surface area contributed by atoms with E-state index in [9.17, 15) is 9.59 Å². The summed E-state index contributed by atoms with van der Waals surface area (Å²) in [6.07, 6.45) is 0.